The number of aryl methyl sites for hydroxylation is 1. The van der Waals surface area contributed by atoms with Gasteiger partial charge in [-0.25, -0.2) is 4.98 Å². The summed E-state index contributed by atoms with van der Waals surface area (Å²) >= 11 is 0. The van der Waals surface area contributed by atoms with Crippen molar-refractivity contribution in [3.8, 4) is 17.1 Å². The Morgan fingerprint density at radius 1 is 1.27 bits per heavy atom. The molecule has 5 nitrogen and oxygen atoms in total. The summed E-state index contributed by atoms with van der Waals surface area (Å²) in [5.74, 6) is 0.701. The highest BCUT2D eigenvalue weighted by Gasteiger charge is 2.14. The van der Waals surface area contributed by atoms with Crippen molar-refractivity contribution in [2.45, 2.75) is 6.42 Å². The second-order valence-electron chi connectivity index (χ2n) is 5.09. The van der Waals surface area contributed by atoms with E-state index >= 15 is 0 Å². The third-order valence-corrected chi connectivity index (χ3v) is 3.65. The fourth-order valence-corrected chi connectivity index (χ4v) is 2.60. The molecular weight excluding hydrogens is 280 g/mol. The fraction of sp³-hybridized carbons (Fsp3) is 0.176. The van der Waals surface area contributed by atoms with E-state index in [-0.39, 0.29) is 6.42 Å². The van der Waals surface area contributed by atoms with Gasteiger partial charge in [0.05, 0.1) is 30.1 Å². The number of carbonyl (C=O) groups is 1. The average molecular weight is 296 g/mol. The number of aromatic nitrogens is 2. The third-order valence-electron chi connectivity index (χ3n) is 3.65. The molecule has 0 amide bonds. The first kappa shape index (κ1) is 14.1. The van der Waals surface area contributed by atoms with Crippen molar-refractivity contribution in [1.29, 1.82) is 0 Å². The van der Waals surface area contributed by atoms with Gasteiger partial charge in [0.15, 0.2) is 0 Å². The summed E-state index contributed by atoms with van der Waals surface area (Å²) in [7, 11) is 3.57. The Morgan fingerprint density at radius 2 is 2.05 bits per heavy atom. The van der Waals surface area contributed by atoms with Crippen LogP contribution in [0.4, 0.5) is 0 Å². The molecule has 0 atom stereocenters. The zero-order valence-corrected chi connectivity index (χ0v) is 12.4. The van der Waals surface area contributed by atoms with Crippen LogP contribution in [0.2, 0.25) is 0 Å². The average Bonchev–Trinajstić information content (AvgIpc) is 2.83. The van der Waals surface area contributed by atoms with Crippen LogP contribution in [0.15, 0.2) is 42.5 Å². The summed E-state index contributed by atoms with van der Waals surface area (Å²) in [5.41, 5.74) is 3.38. The second-order valence-corrected chi connectivity index (χ2v) is 5.09. The largest absolute Gasteiger partial charge is 0.496 e. The number of hydrogen-bond donors (Lipinski definition) is 1. The summed E-state index contributed by atoms with van der Waals surface area (Å²) in [4.78, 5) is 15.5. The number of carboxylic acids is 1. The lowest BCUT2D eigenvalue weighted by Crippen LogP contribution is -1.99. The van der Waals surface area contributed by atoms with E-state index in [4.69, 9.17) is 9.84 Å². The maximum absolute atomic E-state index is 10.8. The van der Waals surface area contributed by atoms with Crippen molar-refractivity contribution in [2.24, 2.45) is 7.05 Å². The van der Waals surface area contributed by atoms with E-state index in [9.17, 15) is 4.79 Å². The Morgan fingerprint density at radius 3 is 2.77 bits per heavy atom. The van der Waals surface area contributed by atoms with Crippen LogP contribution >= 0.6 is 0 Å². The molecule has 5 heteroatoms. The van der Waals surface area contributed by atoms with Gasteiger partial charge in [-0.3, -0.25) is 4.79 Å². The lowest BCUT2D eigenvalue weighted by atomic mass is 10.1. The van der Waals surface area contributed by atoms with Gasteiger partial charge in [-0.1, -0.05) is 18.2 Å². The second kappa shape index (κ2) is 5.52. The van der Waals surface area contributed by atoms with E-state index in [0.29, 0.717) is 0 Å². The summed E-state index contributed by atoms with van der Waals surface area (Å²) in [5, 5.41) is 8.90. The van der Waals surface area contributed by atoms with Gasteiger partial charge in [-0.05, 0) is 29.8 Å². The van der Waals surface area contributed by atoms with Gasteiger partial charge in [-0.15, -0.1) is 0 Å². The van der Waals surface area contributed by atoms with Gasteiger partial charge < -0.3 is 14.4 Å². The van der Waals surface area contributed by atoms with Crippen molar-refractivity contribution < 1.29 is 14.6 Å². The van der Waals surface area contributed by atoms with Gasteiger partial charge in [0.2, 0.25) is 0 Å². The zero-order chi connectivity index (χ0) is 15.7. The molecular formula is C17H16N2O3. The number of rotatable bonds is 4. The van der Waals surface area contributed by atoms with E-state index in [1.54, 1.807) is 7.11 Å². The van der Waals surface area contributed by atoms with Crippen molar-refractivity contribution in [2.75, 3.05) is 7.11 Å². The Bertz CT molecular complexity index is 852. The molecule has 0 unspecified atom stereocenters. The number of ether oxygens (including phenoxy) is 1. The molecule has 0 aliphatic carbocycles. The van der Waals surface area contributed by atoms with Gasteiger partial charge in [0.25, 0.3) is 0 Å². The van der Waals surface area contributed by atoms with Crippen LogP contribution < -0.4 is 4.74 Å². The standard InChI is InChI=1S/C17H16N2O3/c1-19-14-8-7-11(10-16(20)21)9-13(14)18-17(19)12-5-3-4-6-15(12)22-2/h3-9H,10H2,1-2H3,(H,20,21). The van der Waals surface area contributed by atoms with Crippen molar-refractivity contribution in [3.63, 3.8) is 0 Å². The number of nitrogens with zero attached hydrogens (tertiary/aromatic N) is 2. The molecule has 1 N–H and O–H groups in total. The number of methoxy groups -OCH3 is 1. The molecule has 1 heterocycles. The number of para-hydroxylation sites is 1. The lowest BCUT2D eigenvalue weighted by Gasteiger charge is -2.07. The van der Waals surface area contributed by atoms with Crippen LogP contribution in [0.25, 0.3) is 22.4 Å². The number of carboxylic acid groups (broad SMARTS) is 1. The van der Waals surface area contributed by atoms with E-state index in [1.165, 1.54) is 0 Å². The Labute approximate surface area is 127 Å². The van der Waals surface area contributed by atoms with Gasteiger partial charge in [0.1, 0.15) is 11.6 Å². The summed E-state index contributed by atoms with van der Waals surface area (Å²) < 4.78 is 7.38. The zero-order valence-electron chi connectivity index (χ0n) is 12.4. The molecule has 22 heavy (non-hydrogen) atoms. The third kappa shape index (κ3) is 2.41. The predicted octanol–water partition coefficient (Wildman–Crippen LogP) is 2.88. The molecule has 0 spiro atoms. The minimum Gasteiger partial charge on any atom is -0.496 e. The summed E-state index contributed by atoms with van der Waals surface area (Å²) in [6, 6.07) is 13.2. The molecule has 0 bridgehead atoms. The van der Waals surface area contributed by atoms with Crippen molar-refractivity contribution >= 4 is 17.0 Å². The SMILES string of the molecule is COc1ccccc1-c1nc2cc(CC(=O)O)ccc2n1C. The van der Waals surface area contributed by atoms with Crippen LogP contribution in [0.3, 0.4) is 0 Å². The van der Waals surface area contributed by atoms with Gasteiger partial charge in [-0.2, -0.15) is 0 Å². The lowest BCUT2D eigenvalue weighted by molar-refractivity contribution is -0.136. The first-order valence-electron chi connectivity index (χ1n) is 6.90. The topological polar surface area (TPSA) is 64.3 Å². The summed E-state index contributed by atoms with van der Waals surface area (Å²) in [6.07, 6.45) is -0.00347. The number of benzene rings is 2. The quantitative estimate of drug-likeness (QED) is 0.804. The van der Waals surface area contributed by atoms with Crippen molar-refractivity contribution in [1.82, 2.24) is 9.55 Å². The van der Waals surface area contributed by atoms with Crippen LogP contribution in [0, 0.1) is 0 Å². The fourth-order valence-electron chi connectivity index (χ4n) is 2.60. The maximum Gasteiger partial charge on any atom is 0.307 e. The maximum atomic E-state index is 10.8. The number of hydrogen-bond acceptors (Lipinski definition) is 3. The molecule has 0 radical (unpaired) electrons. The minimum atomic E-state index is -0.847. The molecule has 1 aromatic heterocycles. The minimum absolute atomic E-state index is 0.00347. The van der Waals surface area contributed by atoms with Crippen LogP contribution in [-0.2, 0) is 18.3 Å². The van der Waals surface area contributed by atoms with E-state index in [1.807, 2.05) is 54.1 Å². The molecule has 0 fully saturated rings. The van der Waals surface area contributed by atoms with Gasteiger partial charge >= 0.3 is 5.97 Å². The number of aliphatic carboxylic acids is 1. The molecule has 0 aliphatic rings. The number of fused-ring (bicyclic) bond motifs is 1. The molecule has 0 saturated carbocycles. The molecule has 3 aromatic rings. The van der Waals surface area contributed by atoms with E-state index in [2.05, 4.69) is 4.98 Å². The highest BCUT2D eigenvalue weighted by molar-refractivity contribution is 5.83. The molecule has 0 saturated heterocycles. The Kier molecular flexibility index (Phi) is 3.55. The predicted molar refractivity (Wildman–Crippen MR) is 84.0 cm³/mol. The van der Waals surface area contributed by atoms with Crippen LogP contribution in [-0.4, -0.2) is 27.7 Å². The molecule has 2 aromatic carbocycles. The summed E-state index contributed by atoms with van der Waals surface area (Å²) in [6.45, 7) is 0. The van der Waals surface area contributed by atoms with Crippen LogP contribution in [0.5, 0.6) is 5.75 Å². The van der Waals surface area contributed by atoms with E-state index < -0.39 is 5.97 Å². The highest BCUT2D eigenvalue weighted by atomic mass is 16.5. The Hall–Kier alpha value is -2.82. The molecule has 0 aliphatic heterocycles. The van der Waals surface area contributed by atoms with Gasteiger partial charge in [0, 0.05) is 7.05 Å². The van der Waals surface area contributed by atoms with Crippen molar-refractivity contribution in [3.05, 3.63) is 48.0 Å². The van der Waals surface area contributed by atoms with Crippen LogP contribution in [0.1, 0.15) is 5.56 Å². The number of imidazole rings is 1. The Balaban J connectivity index is 2.15. The monoisotopic (exact) mass is 296 g/mol. The first-order valence-corrected chi connectivity index (χ1v) is 6.90. The smallest absolute Gasteiger partial charge is 0.307 e. The highest BCUT2D eigenvalue weighted by Crippen LogP contribution is 2.31. The van der Waals surface area contributed by atoms with E-state index in [0.717, 1.165) is 33.7 Å². The molecule has 112 valence electrons. The molecule has 3 rings (SSSR count). The first-order chi connectivity index (χ1) is 10.6. The normalized spacial score (nSPS) is 10.8.